The average Bonchev–Trinajstić information content (AvgIpc) is 3.23. The van der Waals surface area contributed by atoms with E-state index in [0.717, 1.165) is 50.1 Å². The number of urea groups is 1. The van der Waals surface area contributed by atoms with Gasteiger partial charge in [0.05, 0.1) is 18.8 Å². The lowest BCUT2D eigenvalue weighted by Crippen LogP contribution is -2.48. The molecule has 1 saturated heterocycles. The van der Waals surface area contributed by atoms with Crippen LogP contribution in [0, 0.1) is 17.8 Å². The summed E-state index contributed by atoms with van der Waals surface area (Å²) >= 11 is 0. The van der Waals surface area contributed by atoms with Crippen molar-refractivity contribution >= 4 is 6.03 Å². The van der Waals surface area contributed by atoms with Crippen LogP contribution >= 0.6 is 0 Å². The molecule has 2 saturated carbocycles. The minimum atomic E-state index is -0.318. The van der Waals surface area contributed by atoms with Crippen molar-refractivity contribution in [3.05, 3.63) is 29.8 Å². The third-order valence-corrected chi connectivity index (χ3v) is 6.17. The fourth-order valence-electron chi connectivity index (χ4n) is 5.08. The quantitative estimate of drug-likeness (QED) is 0.833. The van der Waals surface area contributed by atoms with E-state index in [1.54, 1.807) is 0 Å². The van der Waals surface area contributed by atoms with Crippen molar-refractivity contribution < 1.29 is 14.6 Å². The van der Waals surface area contributed by atoms with Gasteiger partial charge in [0.25, 0.3) is 0 Å². The van der Waals surface area contributed by atoms with Crippen LogP contribution in [0.2, 0.25) is 0 Å². The molecule has 1 aromatic rings. The predicted octanol–water partition coefficient (Wildman–Crippen LogP) is 2.43. The maximum Gasteiger partial charge on any atom is 0.317 e. The lowest BCUT2D eigenvalue weighted by Gasteiger charge is -2.28. The molecule has 1 aromatic carbocycles. The van der Waals surface area contributed by atoms with Gasteiger partial charge in [-0.1, -0.05) is 19.1 Å². The van der Waals surface area contributed by atoms with Crippen molar-refractivity contribution in [3.63, 3.8) is 0 Å². The third kappa shape index (κ3) is 3.10. The van der Waals surface area contributed by atoms with Gasteiger partial charge >= 0.3 is 6.03 Å². The van der Waals surface area contributed by atoms with Gasteiger partial charge in [-0.3, -0.25) is 0 Å². The predicted molar refractivity (Wildman–Crippen MR) is 95.5 cm³/mol. The fourth-order valence-corrected chi connectivity index (χ4v) is 5.08. The molecule has 3 aliphatic rings. The molecule has 1 heterocycles. The monoisotopic (exact) mass is 344 g/mol. The zero-order chi connectivity index (χ0) is 17.4. The normalized spacial score (nSPS) is 32.2. The van der Waals surface area contributed by atoms with E-state index in [9.17, 15) is 9.90 Å². The van der Waals surface area contributed by atoms with Crippen LogP contribution in [0.4, 0.5) is 4.79 Å². The van der Waals surface area contributed by atoms with Crippen molar-refractivity contribution in [1.29, 1.82) is 0 Å². The van der Waals surface area contributed by atoms with Crippen LogP contribution in [0.3, 0.4) is 0 Å². The van der Waals surface area contributed by atoms with E-state index >= 15 is 0 Å². The highest BCUT2D eigenvalue weighted by atomic mass is 16.5. The first kappa shape index (κ1) is 16.7. The van der Waals surface area contributed by atoms with Gasteiger partial charge in [0.1, 0.15) is 5.75 Å². The number of carbonyl (C=O) groups excluding carboxylic acids is 1. The van der Waals surface area contributed by atoms with Crippen LogP contribution < -0.4 is 10.1 Å². The number of ether oxygens (including phenoxy) is 1. The molecule has 25 heavy (non-hydrogen) atoms. The molecule has 2 N–H and O–H groups in total. The summed E-state index contributed by atoms with van der Waals surface area (Å²) in [5, 5.41) is 13.4. The topological polar surface area (TPSA) is 61.8 Å². The molecule has 0 aromatic heterocycles. The molecule has 2 aliphatic carbocycles. The summed E-state index contributed by atoms with van der Waals surface area (Å²) in [6.07, 6.45) is 3.65. The molecular weight excluding hydrogens is 316 g/mol. The number of rotatable bonds is 6. The van der Waals surface area contributed by atoms with Gasteiger partial charge < -0.3 is 20.1 Å². The number of nitrogens with zero attached hydrogens (tertiary/aromatic N) is 1. The number of nitrogens with one attached hydrogen (secondary N) is 1. The number of fused-ring (bicyclic) bond motifs is 1. The summed E-state index contributed by atoms with van der Waals surface area (Å²) in [7, 11) is 0. The minimum Gasteiger partial charge on any atom is -0.494 e. The number of benzene rings is 1. The van der Waals surface area contributed by atoms with Crippen molar-refractivity contribution in [2.45, 2.75) is 44.8 Å². The first-order chi connectivity index (χ1) is 12.2. The maximum atomic E-state index is 12.6. The highest BCUT2D eigenvalue weighted by molar-refractivity contribution is 5.75. The standard InChI is InChI=1S/C20H28N2O3/c1-2-8-25-16-5-3-4-13(9-16)6-7-21-20(24)22-12-15-10-14-11-17(15)18(22)19(14)23/h3-5,9,14-15,17-19,23H,2,6-8,10-12H2,1H3,(H,21,24)/t14-,15-,17+,18+,19-/m0/s1. The van der Waals surface area contributed by atoms with Crippen molar-refractivity contribution in [2.24, 2.45) is 17.8 Å². The van der Waals surface area contributed by atoms with Crippen LogP contribution in [0.15, 0.2) is 24.3 Å². The van der Waals surface area contributed by atoms with Crippen LogP contribution in [0.1, 0.15) is 31.7 Å². The number of carbonyl (C=O) groups is 1. The lowest BCUT2D eigenvalue weighted by atomic mass is 9.88. The van der Waals surface area contributed by atoms with E-state index < -0.39 is 0 Å². The second-order valence-corrected chi connectivity index (χ2v) is 7.77. The number of hydrogen-bond donors (Lipinski definition) is 2. The van der Waals surface area contributed by atoms with Crippen LogP contribution in [-0.2, 0) is 6.42 Å². The Labute approximate surface area is 149 Å². The molecule has 2 amide bonds. The highest BCUT2D eigenvalue weighted by Crippen LogP contribution is 2.54. The minimum absolute atomic E-state index is 0.0162. The SMILES string of the molecule is CCCOc1cccc(CCNC(=O)N2C[C@@H]3C[C@H]4C[C@H]3[C@@H]2[C@H]4O)c1. The zero-order valence-electron chi connectivity index (χ0n) is 14.9. The Bertz CT molecular complexity index is 633. The Balaban J connectivity index is 1.28. The summed E-state index contributed by atoms with van der Waals surface area (Å²) in [5.74, 6) is 2.44. The molecule has 5 nitrogen and oxygen atoms in total. The summed E-state index contributed by atoms with van der Waals surface area (Å²) < 4.78 is 5.66. The van der Waals surface area contributed by atoms with Gasteiger partial charge in [-0.05, 0) is 61.1 Å². The number of hydrogen-bond acceptors (Lipinski definition) is 3. The second kappa shape index (κ2) is 6.87. The van der Waals surface area contributed by atoms with Gasteiger partial charge in [0, 0.05) is 13.1 Å². The Hall–Kier alpha value is -1.75. The lowest BCUT2D eigenvalue weighted by molar-refractivity contribution is 0.0609. The molecule has 0 radical (unpaired) electrons. The van der Waals surface area contributed by atoms with Crippen molar-refractivity contribution in [3.8, 4) is 5.75 Å². The number of likely N-dealkylation sites (tertiary alicyclic amines) is 1. The van der Waals surface area contributed by atoms with Gasteiger partial charge in [-0.25, -0.2) is 4.79 Å². The molecule has 2 bridgehead atoms. The summed E-state index contributed by atoms with van der Waals surface area (Å²) in [4.78, 5) is 14.5. The third-order valence-electron chi connectivity index (χ3n) is 6.17. The number of aliphatic hydroxyl groups excluding tert-OH is 1. The van der Waals surface area contributed by atoms with E-state index in [1.165, 1.54) is 0 Å². The van der Waals surface area contributed by atoms with Crippen LogP contribution in [0.25, 0.3) is 0 Å². The van der Waals surface area contributed by atoms with E-state index in [0.29, 0.717) is 24.3 Å². The van der Waals surface area contributed by atoms with Gasteiger partial charge in [0.15, 0.2) is 0 Å². The molecule has 136 valence electrons. The Morgan fingerprint density at radius 3 is 3.04 bits per heavy atom. The van der Waals surface area contributed by atoms with E-state index in [1.807, 2.05) is 23.1 Å². The average molecular weight is 344 g/mol. The van der Waals surface area contributed by atoms with Crippen LogP contribution in [-0.4, -0.2) is 47.9 Å². The highest BCUT2D eigenvalue weighted by Gasteiger charge is 2.59. The number of aliphatic hydroxyl groups is 1. The zero-order valence-corrected chi connectivity index (χ0v) is 14.9. The molecule has 1 aliphatic heterocycles. The first-order valence-corrected chi connectivity index (χ1v) is 9.61. The molecule has 0 unspecified atom stereocenters. The Morgan fingerprint density at radius 1 is 1.36 bits per heavy atom. The van der Waals surface area contributed by atoms with Gasteiger partial charge in [-0.2, -0.15) is 0 Å². The van der Waals surface area contributed by atoms with Crippen molar-refractivity contribution in [1.82, 2.24) is 10.2 Å². The van der Waals surface area contributed by atoms with Gasteiger partial charge in [0.2, 0.25) is 0 Å². The first-order valence-electron chi connectivity index (χ1n) is 9.61. The fraction of sp³-hybridized carbons (Fsp3) is 0.650. The Kier molecular flexibility index (Phi) is 4.59. The molecule has 5 atom stereocenters. The summed E-state index contributed by atoms with van der Waals surface area (Å²) in [6, 6.07) is 8.10. The van der Waals surface area contributed by atoms with Gasteiger partial charge in [-0.15, -0.1) is 0 Å². The molecule has 0 spiro atoms. The largest absolute Gasteiger partial charge is 0.494 e. The molecule has 5 heteroatoms. The second-order valence-electron chi connectivity index (χ2n) is 7.77. The van der Waals surface area contributed by atoms with Crippen LogP contribution in [0.5, 0.6) is 5.75 Å². The summed E-state index contributed by atoms with van der Waals surface area (Å²) in [6.45, 7) is 4.23. The Morgan fingerprint density at radius 2 is 2.24 bits per heavy atom. The molecule has 3 fully saturated rings. The summed E-state index contributed by atoms with van der Waals surface area (Å²) in [5.41, 5.74) is 1.16. The van der Waals surface area contributed by atoms with Crippen molar-refractivity contribution in [2.75, 3.05) is 19.7 Å². The smallest absolute Gasteiger partial charge is 0.317 e. The molecular formula is C20H28N2O3. The van der Waals surface area contributed by atoms with E-state index in [4.69, 9.17) is 4.74 Å². The molecule has 4 rings (SSSR count). The van der Waals surface area contributed by atoms with E-state index in [-0.39, 0.29) is 18.2 Å². The number of amides is 2. The maximum absolute atomic E-state index is 12.6. The van der Waals surface area contributed by atoms with E-state index in [2.05, 4.69) is 18.3 Å².